The van der Waals surface area contributed by atoms with Crippen molar-refractivity contribution in [2.75, 3.05) is 20.8 Å². The lowest BCUT2D eigenvalue weighted by Crippen LogP contribution is -2.31. The van der Waals surface area contributed by atoms with E-state index in [0.29, 0.717) is 17.9 Å². The molecular formula is C17H20N2O3S. The van der Waals surface area contributed by atoms with Gasteiger partial charge in [0.1, 0.15) is 5.01 Å². The van der Waals surface area contributed by atoms with Crippen molar-refractivity contribution < 1.29 is 14.3 Å². The van der Waals surface area contributed by atoms with E-state index in [2.05, 4.69) is 10.3 Å². The van der Waals surface area contributed by atoms with Gasteiger partial charge in [-0.05, 0) is 37.6 Å². The van der Waals surface area contributed by atoms with Crippen molar-refractivity contribution in [2.24, 2.45) is 0 Å². The van der Waals surface area contributed by atoms with Crippen LogP contribution in [-0.4, -0.2) is 37.6 Å². The van der Waals surface area contributed by atoms with Gasteiger partial charge in [-0.2, -0.15) is 0 Å². The Morgan fingerprint density at radius 3 is 2.87 bits per heavy atom. The van der Waals surface area contributed by atoms with Crippen LogP contribution in [0.4, 0.5) is 0 Å². The molecule has 122 valence electrons. The Hall–Kier alpha value is -1.92. The van der Waals surface area contributed by atoms with Crippen LogP contribution in [0.15, 0.2) is 23.6 Å². The maximum atomic E-state index is 12.2. The molecule has 0 spiro atoms. The van der Waals surface area contributed by atoms with Crippen LogP contribution in [-0.2, 0) is 11.2 Å². The van der Waals surface area contributed by atoms with Gasteiger partial charge >= 0.3 is 0 Å². The molecule has 6 heteroatoms. The van der Waals surface area contributed by atoms with Crippen LogP contribution in [0.2, 0.25) is 0 Å². The highest BCUT2D eigenvalue weighted by Crippen LogP contribution is 2.32. The highest BCUT2D eigenvalue weighted by molar-refractivity contribution is 7.10. The second-order valence-electron chi connectivity index (χ2n) is 5.49. The fourth-order valence-electron chi connectivity index (χ4n) is 2.75. The summed E-state index contributed by atoms with van der Waals surface area (Å²) in [6.07, 6.45) is 2.41. The molecule has 0 saturated carbocycles. The number of ketones is 1. The molecule has 0 radical (unpaired) electrons. The molecule has 1 N–H and O–H groups in total. The number of aromatic nitrogens is 1. The van der Waals surface area contributed by atoms with E-state index >= 15 is 0 Å². The smallest absolute Gasteiger partial charge is 0.161 e. The number of thiazole rings is 1. The number of carbonyl (C=O) groups excluding carboxylic acids is 1. The molecule has 3 rings (SSSR count). The van der Waals surface area contributed by atoms with Gasteiger partial charge in [-0.3, -0.25) is 4.79 Å². The van der Waals surface area contributed by atoms with Gasteiger partial charge in [0.05, 0.1) is 32.4 Å². The first-order valence-electron chi connectivity index (χ1n) is 7.64. The molecule has 1 atom stereocenters. The first kappa shape index (κ1) is 16.0. The third-order valence-electron chi connectivity index (χ3n) is 4.01. The van der Waals surface area contributed by atoms with Crippen molar-refractivity contribution in [3.8, 4) is 22.8 Å². The summed E-state index contributed by atoms with van der Waals surface area (Å²) in [5.41, 5.74) is 1.81. The summed E-state index contributed by atoms with van der Waals surface area (Å²) in [7, 11) is 3.22. The maximum Gasteiger partial charge on any atom is 0.161 e. The Morgan fingerprint density at radius 2 is 2.17 bits per heavy atom. The summed E-state index contributed by atoms with van der Waals surface area (Å²) < 4.78 is 10.6. The van der Waals surface area contributed by atoms with Crippen LogP contribution < -0.4 is 14.8 Å². The average molecular weight is 332 g/mol. The number of Topliss-reactive ketones (excluding diaryl/α,β-unsaturated/α-hetero) is 1. The lowest BCUT2D eigenvalue weighted by atomic mass is 10.1. The number of nitrogens with zero attached hydrogens (tertiary/aromatic N) is 1. The van der Waals surface area contributed by atoms with E-state index in [1.54, 1.807) is 14.2 Å². The van der Waals surface area contributed by atoms with Gasteiger partial charge in [-0.25, -0.2) is 4.98 Å². The summed E-state index contributed by atoms with van der Waals surface area (Å²) in [5.74, 6) is 1.59. The van der Waals surface area contributed by atoms with Gasteiger partial charge < -0.3 is 14.8 Å². The highest BCUT2D eigenvalue weighted by atomic mass is 32.1. The number of hydrogen-bond donors (Lipinski definition) is 1. The Bertz CT molecular complexity index is 693. The molecule has 1 fully saturated rings. The van der Waals surface area contributed by atoms with Crippen LogP contribution in [0.5, 0.6) is 11.5 Å². The van der Waals surface area contributed by atoms with Crippen molar-refractivity contribution >= 4 is 17.1 Å². The molecule has 0 unspecified atom stereocenters. The summed E-state index contributed by atoms with van der Waals surface area (Å²) >= 11 is 1.52. The topological polar surface area (TPSA) is 60.5 Å². The molecule has 1 aliphatic heterocycles. The van der Waals surface area contributed by atoms with Crippen molar-refractivity contribution in [1.82, 2.24) is 10.3 Å². The summed E-state index contributed by atoms with van der Waals surface area (Å²) in [4.78, 5) is 16.8. The quantitative estimate of drug-likeness (QED) is 0.881. The number of nitrogens with one attached hydrogen (secondary N) is 1. The van der Waals surface area contributed by atoms with Gasteiger partial charge in [0, 0.05) is 10.9 Å². The van der Waals surface area contributed by atoms with Crippen molar-refractivity contribution in [3.05, 3.63) is 28.6 Å². The predicted molar refractivity (Wildman–Crippen MR) is 90.4 cm³/mol. The molecule has 1 aliphatic rings. The normalized spacial score (nSPS) is 17.2. The Labute approximate surface area is 139 Å². The lowest BCUT2D eigenvalue weighted by Gasteiger charge is -2.08. The second-order valence-corrected chi connectivity index (χ2v) is 6.43. The number of methoxy groups -OCH3 is 2. The van der Waals surface area contributed by atoms with Crippen molar-refractivity contribution in [2.45, 2.75) is 25.3 Å². The van der Waals surface area contributed by atoms with Gasteiger partial charge in [0.25, 0.3) is 0 Å². The minimum absolute atomic E-state index is 0.00318. The van der Waals surface area contributed by atoms with E-state index in [9.17, 15) is 4.79 Å². The van der Waals surface area contributed by atoms with Gasteiger partial charge in [0.15, 0.2) is 17.3 Å². The molecule has 0 bridgehead atoms. The maximum absolute atomic E-state index is 12.2. The van der Waals surface area contributed by atoms with Crippen LogP contribution in [0.25, 0.3) is 11.3 Å². The fourth-order valence-corrected chi connectivity index (χ4v) is 3.56. The van der Waals surface area contributed by atoms with E-state index in [-0.39, 0.29) is 11.8 Å². The number of benzene rings is 1. The molecule has 23 heavy (non-hydrogen) atoms. The zero-order chi connectivity index (χ0) is 16.2. The highest BCUT2D eigenvalue weighted by Gasteiger charge is 2.23. The fraction of sp³-hybridized carbons (Fsp3) is 0.412. The van der Waals surface area contributed by atoms with Gasteiger partial charge in [0.2, 0.25) is 0 Å². The zero-order valence-corrected chi connectivity index (χ0v) is 14.1. The number of ether oxygens (including phenoxy) is 2. The predicted octanol–water partition coefficient (Wildman–Crippen LogP) is 2.69. The lowest BCUT2D eigenvalue weighted by molar-refractivity contribution is -0.120. The number of rotatable bonds is 6. The first-order valence-corrected chi connectivity index (χ1v) is 8.52. The Kier molecular flexibility index (Phi) is 4.93. The van der Waals surface area contributed by atoms with Crippen molar-refractivity contribution in [3.63, 3.8) is 0 Å². The van der Waals surface area contributed by atoms with Crippen LogP contribution in [0.3, 0.4) is 0 Å². The Balaban J connectivity index is 1.75. The van der Waals surface area contributed by atoms with Crippen LogP contribution >= 0.6 is 11.3 Å². The Morgan fingerprint density at radius 1 is 1.35 bits per heavy atom. The van der Waals surface area contributed by atoms with E-state index in [1.807, 2.05) is 23.6 Å². The molecule has 0 aliphatic carbocycles. The van der Waals surface area contributed by atoms with E-state index in [1.165, 1.54) is 11.3 Å². The monoisotopic (exact) mass is 332 g/mol. The second kappa shape index (κ2) is 7.10. The number of carbonyl (C=O) groups is 1. The van der Waals surface area contributed by atoms with Crippen LogP contribution in [0.1, 0.15) is 17.8 Å². The van der Waals surface area contributed by atoms with Gasteiger partial charge in [-0.1, -0.05) is 0 Å². The molecule has 2 aromatic rings. The number of hydrogen-bond acceptors (Lipinski definition) is 6. The first-order chi connectivity index (χ1) is 11.2. The molecular weight excluding hydrogens is 312 g/mol. The van der Waals surface area contributed by atoms with E-state index < -0.39 is 0 Å². The largest absolute Gasteiger partial charge is 0.493 e. The molecule has 2 heterocycles. The van der Waals surface area contributed by atoms with Crippen molar-refractivity contribution in [1.29, 1.82) is 0 Å². The molecule has 1 aromatic heterocycles. The molecule has 1 saturated heterocycles. The molecule has 5 nitrogen and oxygen atoms in total. The zero-order valence-electron chi connectivity index (χ0n) is 13.3. The SMILES string of the molecule is COc1ccc(-c2csc(CC(=O)[C@@H]3CCCN3)n2)cc1OC. The summed E-state index contributed by atoms with van der Waals surface area (Å²) in [6, 6.07) is 5.71. The minimum atomic E-state index is 0.00318. The minimum Gasteiger partial charge on any atom is -0.493 e. The van der Waals surface area contributed by atoms with Crippen LogP contribution in [0, 0.1) is 0 Å². The van der Waals surface area contributed by atoms with E-state index in [4.69, 9.17) is 9.47 Å². The van der Waals surface area contributed by atoms with E-state index in [0.717, 1.165) is 35.7 Å². The third kappa shape index (κ3) is 3.54. The summed E-state index contributed by atoms with van der Waals surface area (Å²) in [6.45, 7) is 0.936. The molecule has 0 amide bonds. The standard InChI is InChI=1S/C17H20N2O3S/c1-21-15-6-5-11(8-16(15)22-2)13-10-23-17(19-13)9-14(20)12-4-3-7-18-12/h5-6,8,10,12,18H,3-4,7,9H2,1-2H3/t12-/m0/s1. The third-order valence-corrected chi connectivity index (χ3v) is 4.85. The molecule has 1 aromatic carbocycles. The summed E-state index contributed by atoms with van der Waals surface area (Å²) in [5, 5.41) is 6.07. The average Bonchev–Trinajstić information content (AvgIpc) is 3.25. The van der Waals surface area contributed by atoms with Gasteiger partial charge in [-0.15, -0.1) is 11.3 Å².